The minimum absolute atomic E-state index is 0.185. The molecule has 2 N–H and O–H groups in total. The minimum Gasteiger partial charge on any atom is -0.478 e. The van der Waals surface area contributed by atoms with Crippen LogP contribution in [0.25, 0.3) is 38.4 Å². The molecular formula is C28H19ClN4O3. The Bertz CT molecular complexity index is 1640. The number of nitrogens with zero attached hydrogens (tertiary/aromatic N) is 3. The van der Waals surface area contributed by atoms with Gasteiger partial charge in [-0.15, -0.1) is 0 Å². The molecule has 176 valence electrons. The van der Waals surface area contributed by atoms with Crippen LogP contribution in [0.5, 0.6) is 11.8 Å². The molecule has 0 aliphatic rings. The quantitative estimate of drug-likeness (QED) is 0.238. The van der Waals surface area contributed by atoms with Crippen LogP contribution >= 0.6 is 11.6 Å². The number of fused-ring (bicyclic) bond motifs is 1. The molecular weight excluding hydrogens is 476 g/mol. The summed E-state index contributed by atoms with van der Waals surface area (Å²) < 4.78 is 5.79. The maximum atomic E-state index is 11.5. The number of aromatic carboxylic acids is 1. The van der Waals surface area contributed by atoms with E-state index >= 15 is 0 Å². The van der Waals surface area contributed by atoms with Crippen LogP contribution < -0.4 is 4.74 Å². The van der Waals surface area contributed by atoms with Crippen molar-refractivity contribution in [3.8, 4) is 34.1 Å². The topological polar surface area (TPSA) is 92.5 Å². The molecule has 2 aromatic heterocycles. The van der Waals surface area contributed by atoms with Gasteiger partial charge in [0, 0.05) is 5.56 Å². The van der Waals surface area contributed by atoms with E-state index in [0.29, 0.717) is 39.7 Å². The molecule has 0 amide bonds. The second kappa shape index (κ2) is 9.53. The Morgan fingerprint density at radius 2 is 1.67 bits per heavy atom. The zero-order valence-electron chi connectivity index (χ0n) is 19.1. The third-order valence-electron chi connectivity index (χ3n) is 5.80. The Hall–Kier alpha value is -4.67. The van der Waals surface area contributed by atoms with Gasteiger partial charge in [-0.25, -0.2) is 14.6 Å². The number of carbonyl (C=O) groups is 1. The number of rotatable bonds is 6. The molecule has 0 unspecified atom stereocenters. The first-order valence-corrected chi connectivity index (χ1v) is 11.5. The summed E-state index contributed by atoms with van der Waals surface area (Å²) in [6.45, 7) is 8.98. The van der Waals surface area contributed by atoms with Gasteiger partial charge in [-0.05, 0) is 41.3 Å². The summed E-state index contributed by atoms with van der Waals surface area (Å²) in [4.78, 5) is 27.0. The van der Waals surface area contributed by atoms with Crippen molar-refractivity contribution in [2.24, 2.45) is 0 Å². The third kappa shape index (κ3) is 4.50. The molecule has 0 spiro atoms. The van der Waals surface area contributed by atoms with Crippen molar-refractivity contribution in [3.63, 3.8) is 0 Å². The number of nitrogens with one attached hydrogen (secondary N) is 1. The van der Waals surface area contributed by atoms with E-state index in [1.54, 1.807) is 30.3 Å². The Balaban J connectivity index is 1.42. The fourth-order valence-corrected chi connectivity index (χ4v) is 4.19. The van der Waals surface area contributed by atoms with Crippen molar-refractivity contribution in [2.75, 3.05) is 0 Å². The van der Waals surface area contributed by atoms with Gasteiger partial charge >= 0.3 is 12.0 Å². The van der Waals surface area contributed by atoms with Gasteiger partial charge in [0.25, 0.3) is 0 Å². The normalized spacial score (nSPS) is 10.8. The number of carboxylic acids is 1. The van der Waals surface area contributed by atoms with E-state index in [1.807, 2.05) is 43.3 Å². The lowest BCUT2D eigenvalue weighted by molar-refractivity contribution is 0.0695. The van der Waals surface area contributed by atoms with Gasteiger partial charge in [-0.2, -0.15) is 4.98 Å². The Labute approximate surface area is 211 Å². The van der Waals surface area contributed by atoms with Crippen LogP contribution in [0.4, 0.5) is 5.69 Å². The number of aromatic nitrogens is 3. The number of aryl methyl sites for hydroxylation is 1. The number of hydrogen-bond acceptors (Lipinski definition) is 4. The number of halogens is 1. The zero-order chi connectivity index (χ0) is 25.2. The largest absolute Gasteiger partial charge is 0.478 e. The number of carboxylic acid groups (broad SMARTS) is 1. The molecule has 0 radical (unpaired) electrons. The number of benzene rings is 3. The number of hydrogen-bond donors (Lipinski definition) is 2. The van der Waals surface area contributed by atoms with E-state index < -0.39 is 5.97 Å². The minimum atomic E-state index is -1.01. The lowest BCUT2D eigenvalue weighted by Crippen LogP contribution is -2.02. The summed E-state index contributed by atoms with van der Waals surface area (Å²) in [6, 6.07) is 22.1. The lowest BCUT2D eigenvalue weighted by Gasteiger charge is -2.06. The third-order valence-corrected chi connectivity index (χ3v) is 6.09. The van der Waals surface area contributed by atoms with E-state index in [-0.39, 0.29) is 11.6 Å². The van der Waals surface area contributed by atoms with Crippen LogP contribution in [0.15, 0.2) is 72.8 Å². The molecule has 8 heteroatoms. The molecule has 3 aromatic carbocycles. The van der Waals surface area contributed by atoms with Crippen molar-refractivity contribution in [1.82, 2.24) is 15.0 Å². The first-order valence-electron chi connectivity index (χ1n) is 11.1. The monoisotopic (exact) mass is 494 g/mol. The number of pyridine rings is 1. The summed E-state index contributed by atoms with van der Waals surface area (Å²) in [7, 11) is 0. The zero-order valence-corrected chi connectivity index (χ0v) is 19.9. The fourth-order valence-electron chi connectivity index (χ4n) is 3.93. The summed E-state index contributed by atoms with van der Waals surface area (Å²) in [5.41, 5.74) is 5.97. The van der Waals surface area contributed by atoms with Gasteiger partial charge in [0.05, 0.1) is 28.4 Å². The van der Waals surface area contributed by atoms with Crippen molar-refractivity contribution >= 4 is 34.4 Å². The van der Waals surface area contributed by atoms with Crippen LogP contribution in [-0.4, -0.2) is 26.0 Å². The molecule has 0 aliphatic carbocycles. The molecule has 7 nitrogen and oxygen atoms in total. The molecule has 0 bridgehead atoms. The summed E-state index contributed by atoms with van der Waals surface area (Å²) in [6.07, 6.45) is 0.604. The van der Waals surface area contributed by atoms with Crippen LogP contribution in [0.2, 0.25) is 5.02 Å². The summed E-state index contributed by atoms with van der Waals surface area (Å²) in [5, 5.41) is 9.91. The molecule has 0 atom stereocenters. The maximum absolute atomic E-state index is 11.5. The Kier molecular flexibility index (Phi) is 6.11. The van der Waals surface area contributed by atoms with Gasteiger partial charge in [-0.1, -0.05) is 73.1 Å². The smallest absolute Gasteiger partial charge is 0.336 e. The number of ether oxygens (including phenoxy) is 1. The Morgan fingerprint density at radius 3 is 2.31 bits per heavy atom. The van der Waals surface area contributed by atoms with Crippen molar-refractivity contribution in [1.29, 1.82) is 0 Å². The lowest BCUT2D eigenvalue weighted by atomic mass is 10.0. The highest BCUT2D eigenvalue weighted by Crippen LogP contribution is 2.32. The number of H-pyrrole nitrogens is 1. The number of imidazole rings is 1. The summed E-state index contributed by atoms with van der Waals surface area (Å²) >= 11 is 6.54. The van der Waals surface area contributed by atoms with Crippen molar-refractivity contribution in [2.45, 2.75) is 13.3 Å². The Morgan fingerprint density at radius 1 is 1.00 bits per heavy atom. The van der Waals surface area contributed by atoms with Crippen molar-refractivity contribution < 1.29 is 14.6 Å². The molecule has 0 saturated carbocycles. The predicted octanol–water partition coefficient (Wildman–Crippen LogP) is 7.55. The molecule has 0 aliphatic heterocycles. The van der Waals surface area contributed by atoms with Gasteiger partial charge < -0.3 is 14.8 Å². The average Bonchev–Trinajstić information content (AvgIpc) is 3.29. The van der Waals surface area contributed by atoms with E-state index in [0.717, 1.165) is 22.3 Å². The van der Waals surface area contributed by atoms with Gasteiger partial charge in [-0.3, -0.25) is 0 Å². The van der Waals surface area contributed by atoms with E-state index in [4.69, 9.17) is 22.9 Å². The standard InChI is InChI=1S/C28H19ClN4O3/c1-3-16-10-13-21(14-22(16)27(34)35)36-28-31-24-15-23(29)25(32-26(24)33-28)19-6-4-17(5-7-19)18-8-11-20(30-2)12-9-18/h4-15H,3H2,1H3,(H,34,35)(H,31,32,33). The first kappa shape index (κ1) is 23.1. The van der Waals surface area contributed by atoms with E-state index in [1.165, 1.54) is 6.07 Å². The fraction of sp³-hybridized carbons (Fsp3) is 0.0714. The van der Waals surface area contributed by atoms with Gasteiger partial charge in [0.1, 0.15) is 5.75 Å². The first-order chi connectivity index (χ1) is 17.4. The highest BCUT2D eigenvalue weighted by Gasteiger charge is 2.15. The van der Waals surface area contributed by atoms with Crippen molar-refractivity contribution in [3.05, 3.63) is 100 Å². The molecule has 0 fully saturated rings. The molecule has 5 rings (SSSR count). The molecule has 0 saturated heterocycles. The second-order valence-corrected chi connectivity index (χ2v) is 8.45. The predicted molar refractivity (Wildman–Crippen MR) is 139 cm³/mol. The van der Waals surface area contributed by atoms with E-state index in [2.05, 4.69) is 19.8 Å². The maximum Gasteiger partial charge on any atom is 0.336 e. The van der Waals surface area contributed by atoms with Crippen LogP contribution in [0.1, 0.15) is 22.8 Å². The molecule has 2 heterocycles. The van der Waals surface area contributed by atoms with Crippen LogP contribution in [0.3, 0.4) is 0 Å². The highest BCUT2D eigenvalue weighted by atomic mass is 35.5. The van der Waals surface area contributed by atoms with Gasteiger partial charge in [0.15, 0.2) is 11.3 Å². The van der Waals surface area contributed by atoms with Gasteiger partial charge in [0.2, 0.25) is 0 Å². The van der Waals surface area contributed by atoms with Crippen LogP contribution in [0, 0.1) is 6.57 Å². The average molecular weight is 495 g/mol. The second-order valence-electron chi connectivity index (χ2n) is 8.05. The molecule has 5 aromatic rings. The van der Waals surface area contributed by atoms with E-state index in [9.17, 15) is 9.90 Å². The SMILES string of the molecule is [C-]#[N+]c1ccc(-c2ccc(-c3nc4nc(Oc5ccc(CC)c(C(=O)O)c5)[nH]c4cc3Cl)cc2)cc1. The molecule has 36 heavy (non-hydrogen) atoms. The number of aromatic amines is 1. The van der Waals surface area contributed by atoms with Crippen LogP contribution in [-0.2, 0) is 6.42 Å². The highest BCUT2D eigenvalue weighted by molar-refractivity contribution is 6.33. The summed E-state index contributed by atoms with van der Waals surface area (Å²) in [5.74, 6) is -0.651.